The van der Waals surface area contributed by atoms with Crippen LogP contribution in [0.4, 0.5) is 4.39 Å². The van der Waals surface area contributed by atoms with Crippen molar-refractivity contribution in [2.45, 2.75) is 50.1 Å². The fourth-order valence-electron chi connectivity index (χ4n) is 2.77. The zero-order valence-corrected chi connectivity index (χ0v) is 12.4. The molecule has 1 aliphatic carbocycles. The standard InChI is InChI=1S/C14H21FN2O2S/c1-10-3-2-4-13(7-10)17-20(18,19)14-8-12(15)6-5-11(14)9-16/h5-6,8,10,13,17H,2-4,7,9,16H2,1H3. The number of nitrogens with two attached hydrogens (primary N) is 1. The van der Waals surface area contributed by atoms with E-state index >= 15 is 0 Å². The topological polar surface area (TPSA) is 72.2 Å². The minimum absolute atomic E-state index is 0.0433. The molecule has 0 bridgehead atoms. The fraction of sp³-hybridized carbons (Fsp3) is 0.571. The lowest BCUT2D eigenvalue weighted by Gasteiger charge is -2.27. The van der Waals surface area contributed by atoms with E-state index in [-0.39, 0.29) is 17.5 Å². The normalized spacial score (nSPS) is 23.8. The van der Waals surface area contributed by atoms with Gasteiger partial charge in [0.05, 0.1) is 4.90 Å². The van der Waals surface area contributed by atoms with Gasteiger partial charge in [0.2, 0.25) is 10.0 Å². The molecule has 0 radical (unpaired) electrons. The van der Waals surface area contributed by atoms with Gasteiger partial charge in [-0.2, -0.15) is 0 Å². The summed E-state index contributed by atoms with van der Waals surface area (Å²) < 4.78 is 40.8. The van der Waals surface area contributed by atoms with Crippen LogP contribution in [0.25, 0.3) is 0 Å². The molecule has 2 atom stereocenters. The van der Waals surface area contributed by atoms with Crippen LogP contribution in [0.3, 0.4) is 0 Å². The van der Waals surface area contributed by atoms with Crippen molar-refractivity contribution in [3.05, 3.63) is 29.6 Å². The average Bonchev–Trinajstić information content (AvgIpc) is 2.38. The molecule has 6 heteroatoms. The van der Waals surface area contributed by atoms with Crippen LogP contribution in [0.15, 0.2) is 23.1 Å². The van der Waals surface area contributed by atoms with Gasteiger partial charge in [-0.1, -0.05) is 25.8 Å². The maximum absolute atomic E-state index is 13.3. The summed E-state index contributed by atoms with van der Waals surface area (Å²) in [6, 6.07) is 3.62. The number of benzene rings is 1. The summed E-state index contributed by atoms with van der Waals surface area (Å²) in [4.78, 5) is -0.0433. The molecule has 1 aliphatic rings. The maximum Gasteiger partial charge on any atom is 0.241 e. The van der Waals surface area contributed by atoms with Crippen molar-refractivity contribution < 1.29 is 12.8 Å². The molecule has 4 nitrogen and oxygen atoms in total. The van der Waals surface area contributed by atoms with Gasteiger partial charge in [0.15, 0.2) is 0 Å². The first-order valence-corrected chi connectivity index (χ1v) is 8.41. The predicted molar refractivity (Wildman–Crippen MR) is 76.0 cm³/mol. The number of rotatable bonds is 4. The highest BCUT2D eigenvalue weighted by Gasteiger charge is 2.26. The third-order valence-electron chi connectivity index (χ3n) is 3.80. The van der Waals surface area contributed by atoms with Gasteiger partial charge in [0.1, 0.15) is 5.82 Å². The summed E-state index contributed by atoms with van der Waals surface area (Å²) in [6.45, 7) is 2.19. The minimum atomic E-state index is -3.72. The van der Waals surface area contributed by atoms with Crippen LogP contribution in [0, 0.1) is 11.7 Å². The van der Waals surface area contributed by atoms with Crippen LogP contribution in [0.1, 0.15) is 38.2 Å². The fourth-order valence-corrected chi connectivity index (χ4v) is 4.32. The maximum atomic E-state index is 13.3. The van der Waals surface area contributed by atoms with Gasteiger partial charge >= 0.3 is 0 Å². The molecule has 0 saturated heterocycles. The Labute approximate surface area is 119 Å². The van der Waals surface area contributed by atoms with Crippen molar-refractivity contribution in [1.29, 1.82) is 0 Å². The third kappa shape index (κ3) is 3.56. The molecule has 0 heterocycles. The predicted octanol–water partition coefficient (Wildman–Crippen LogP) is 2.14. The summed E-state index contributed by atoms with van der Waals surface area (Å²) in [5.41, 5.74) is 5.97. The second kappa shape index (κ2) is 6.20. The van der Waals surface area contributed by atoms with Gasteiger partial charge in [-0.25, -0.2) is 17.5 Å². The molecule has 1 fully saturated rings. The molecule has 1 aromatic rings. The van der Waals surface area contributed by atoms with E-state index < -0.39 is 15.8 Å². The molecule has 1 aromatic carbocycles. The lowest BCUT2D eigenvalue weighted by atomic mass is 9.88. The zero-order chi connectivity index (χ0) is 14.8. The highest BCUT2D eigenvalue weighted by atomic mass is 32.2. The van der Waals surface area contributed by atoms with E-state index in [1.54, 1.807) is 0 Å². The van der Waals surface area contributed by atoms with Crippen LogP contribution in [-0.2, 0) is 16.6 Å². The van der Waals surface area contributed by atoms with Crippen molar-refractivity contribution in [3.8, 4) is 0 Å². The number of hydrogen-bond donors (Lipinski definition) is 2. The van der Waals surface area contributed by atoms with Gasteiger partial charge in [-0.05, 0) is 36.5 Å². The van der Waals surface area contributed by atoms with E-state index in [2.05, 4.69) is 11.6 Å². The van der Waals surface area contributed by atoms with Crippen molar-refractivity contribution in [2.24, 2.45) is 11.7 Å². The van der Waals surface area contributed by atoms with Crippen LogP contribution in [0.5, 0.6) is 0 Å². The van der Waals surface area contributed by atoms with E-state index in [0.717, 1.165) is 31.7 Å². The van der Waals surface area contributed by atoms with E-state index in [4.69, 9.17) is 5.73 Å². The summed E-state index contributed by atoms with van der Waals surface area (Å²) >= 11 is 0. The number of hydrogen-bond acceptors (Lipinski definition) is 3. The zero-order valence-electron chi connectivity index (χ0n) is 11.6. The first-order valence-electron chi connectivity index (χ1n) is 6.93. The Morgan fingerprint density at radius 1 is 1.40 bits per heavy atom. The molecule has 3 N–H and O–H groups in total. The molecule has 20 heavy (non-hydrogen) atoms. The molecule has 2 rings (SSSR count). The minimum Gasteiger partial charge on any atom is -0.326 e. The Balaban J connectivity index is 2.24. The SMILES string of the molecule is CC1CCCC(NS(=O)(=O)c2cc(F)ccc2CN)C1. The first kappa shape index (κ1) is 15.4. The van der Waals surface area contributed by atoms with Gasteiger partial charge in [0.25, 0.3) is 0 Å². The van der Waals surface area contributed by atoms with E-state index in [1.807, 2.05) is 0 Å². The Morgan fingerprint density at radius 3 is 2.80 bits per heavy atom. The average molecular weight is 300 g/mol. The van der Waals surface area contributed by atoms with Crippen LogP contribution in [0.2, 0.25) is 0 Å². The number of halogens is 1. The van der Waals surface area contributed by atoms with Crippen LogP contribution in [-0.4, -0.2) is 14.5 Å². The largest absolute Gasteiger partial charge is 0.326 e. The summed E-state index contributed by atoms with van der Waals surface area (Å²) in [6.07, 6.45) is 3.80. The molecule has 2 unspecified atom stereocenters. The number of sulfonamides is 1. The van der Waals surface area contributed by atoms with Gasteiger partial charge < -0.3 is 5.73 Å². The molecular weight excluding hydrogens is 279 g/mol. The van der Waals surface area contributed by atoms with Crippen LogP contribution >= 0.6 is 0 Å². The lowest BCUT2D eigenvalue weighted by molar-refractivity contribution is 0.327. The van der Waals surface area contributed by atoms with Gasteiger partial charge in [-0.3, -0.25) is 0 Å². The molecule has 0 spiro atoms. The highest BCUT2D eigenvalue weighted by Crippen LogP contribution is 2.25. The number of nitrogens with one attached hydrogen (secondary N) is 1. The molecule has 1 saturated carbocycles. The van der Waals surface area contributed by atoms with Crippen molar-refractivity contribution in [3.63, 3.8) is 0 Å². The van der Waals surface area contributed by atoms with Gasteiger partial charge in [0, 0.05) is 12.6 Å². The quantitative estimate of drug-likeness (QED) is 0.895. The molecular formula is C14H21FN2O2S. The Hall–Kier alpha value is -0.980. The summed E-state index contributed by atoms with van der Waals surface area (Å²) in [5, 5.41) is 0. The van der Waals surface area contributed by atoms with Gasteiger partial charge in [-0.15, -0.1) is 0 Å². The Bertz CT molecular complexity index is 575. The van der Waals surface area contributed by atoms with Crippen LogP contribution < -0.4 is 10.5 Å². The molecule has 112 valence electrons. The smallest absolute Gasteiger partial charge is 0.241 e. The lowest BCUT2D eigenvalue weighted by Crippen LogP contribution is -2.38. The first-order chi connectivity index (χ1) is 9.42. The monoisotopic (exact) mass is 300 g/mol. The van der Waals surface area contributed by atoms with Crippen molar-refractivity contribution in [1.82, 2.24) is 4.72 Å². The third-order valence-corrected chi connectivity index (χ3v) is 5.40. The Morgan fingerprint density at radius 2 is 2.15 bits per heavy atom. The second-order valence-electron chi connectivity index (χ2n) is 5.55. The van der Waals surface area contributed by atoms with E-state index in [0.29, 0.717) is 11.5 Å². The van der Waals surface area contributed by atoms with Crippen molar-refractivity contribution >= 4 is 10.0 Å². The second-order valence-corrected chi connectivity index (χ2v) is 7.23. The van der Waals surface area contributed by atoms with Crippen molar-refractivity contribution in [2.75, 3.05) is 0 Å². The highest BCUT2D eigenvalue weighted by molar-refractivity contribution is 7.89. The summed E-state index contributed by atoms with van der Waals surface area (Å²) in [7, 11) is -3.72. The van der Waals surface area contributed by atoms with E-state index in [9.17, 15) is 12.8 Å². The Kier molecular flexibility index (Phi) is 4.78. The molecule has 0 amide bonds. The summed E-state index contributed by atoms with van der Waals surface area (Å²) in [5.74, 6) is -0.0578. The molecule has 0 aliphatic heterocycles. The van der Waals surface area contributed by atoms with E-state index in [1.165, 1.54) is 12.1 Å². The molecule has 0 aromatic heterocycles.